The lowest BCUT2D eigenvalue weighted by molar-refractivity contribution is -0.148. The molecular formula is C13H17FN2O2. The molecule has 1 aliphatic rings. The molecule has 2 rings (SSSR count). The van der Waals surface area contributed by atoms with Gasteiger partial charge in [-0.15, -0.1) is 0 Å². The van der Waals surface area contributed by atoms with Crippen LogP contribution in [0, 0.1) is 11.7 Å². The summed E-state index contributed by atoms with van der Waals surface area (Å²) < 4.78 is 17.7. The van der Waals surface area contributed by atoms with E-state index in [1.54, 1.807) is 6.92 Å². The molecule has 1 aliphatic carbocycles. The Morgan fingerprint density at radius 1 is 1.61 bits per heavy atom. The molecule has 4 nitrogen and oxygen atoms in total. The van der Waals surface area contributed by atoms with Crippen LogP contribution >= 0.6 is 0 Å². The number of hydrogen-bond donors (Lipinski definition) is 1. The zero-order valence-corrected chi connectivity index (χ0v) is 10.6. The van der Waals surface area contributed by atoms with Crippen molar-refractivity contribution in [2.75, 3.05) is 13.7 Å². The van der Waals surface area contributed by atoms with Crippen LogP contribution in [-0.2, 0) is 15.1 Å². The molecule has 1 saturated carbocycles. The fourth-order valence-electron chi connectivity index (χ4n) is 1.81. The fourth-order valence-corrected chi connectivity index (χ4v) is 1.81. The molecule has 1 atom stereocenters. The molecule has 18 heavy (non-hydrogen) atoms. The van der Waals surface area contributed by atoms with Gasteiger partial charge in [0, 0.05) is 0 Å². The Kier molecular flexibility index (Phi) is 3.61. The van der Waals surface area contributed by atoms with Gasteiger partial charge in [-0.2, -0.15) is 0 Å². The molecule has 0 spiro atoms. The standard InChI is InChI=1S/C13H17FN2O2/c1-13(12(17)18-2,16-7-9-3-4-9)11-6-5-10(14)8-15-11/h5-6,8-9,16H,3-4,7H2,1-2H3. The quantitative estimate of drug-likeness (QED) is 0.809. The number of nitrogens with one attached hydrogen (secondary N) is 1. The summed E-state index contributed by atoms with van der Waals surface area (Å²) in [6.07, 6.45) is 3.47. The summed E-state index contributed by atoms with van der Waals surface area (Å²) in [7, 11) is 1.34. The molecule has 1 heterocycles. The van der Waals surface area contributed by atoms with Gasteiger partial charge in [-0.25, -0.2) is 9.18 Å². The van der Waals surface area contributed by atoms with Gasteiger partial charge in [-0.05, 0) is 44.4 Å². The van der Waals surface area contributed by atoms with Crippen LogP contribution in [0.15, 0.2) is 18.3 Å². The third kappa shape index (κ3) is 2.67. The second kappa shape index (κ2) is 5.02. The smallest absolute Gasteiger partial charge is 0.332 e. The van der Waals surface area contributed by atoms with Crippen molar-refractivity contribution in [1.29, 1.82) is 0 Å². The number of esters is 1. The highest BCUT2D eigenvalue weighted by Crippen LogP contribution is 2.30. The van der Waals surface area contributed by atoms with Crippen molar-refractivity contribution in [1.82, 2.24) is 10.3 Å². The minimum atomic E-state index is -1.02. The van der Waals surface area contributed by atoms with E-state index >= 15 is 0 Å². The number of hydrogen-bond acceptors (Lipinski definition) is 4. The first-order chi connectivity index (χ1) is 8.56. The van der Waals surface area contributed by atoms with E-state index in [2.05, 4.69) is 10.3 Å². The normalized spacial score (nSPS) is 18.2. The van der Waals surface area contributed by atoms with Crippen molar-refractivity contribution in [3.63, 3.8) is 0 Å². The second-order valence-electron chi connectivity index (χ2n) is 4.80. The summed E-state index contributed by atoms with van der Waals surface area (Å²) in [5.41, 5.74) is -0.554. The molecule has 0 radical (unpaired) electrons. The number of aromatic nitrogens is 1. The van der Waals surface area contributed by atoms with Crippen LogP contribution in [0.25, 0.3) is 0 Å². The zero-order valence-electron chi connectivity index (χ0n) is 10.6. The first-order valence-corrected chi connectivity index (χ1v) is 6.01. The lowest BCUT2D eigenvalue weighted by Gasteiger charge is -2.27. The van der Waals surface area contributed by atoms with E-state index in [1.165, 1.54) is 32.1 Å². The van der Waals surface area contributed by atoms with Gasteiger partial charge in [-0.3, -0.25) is 10.3 Å². The maximum Gasteiger partial charge on any atom is 0.332 e. The average Bonchev–Trinajstić information content (AvgIpc) is 3.19. The van der Waals surface area contributed by atoms with Crippen LogP contribution < -0.4 is 5.32 Å². The summed E-state index contributed by atoms with van der Waals surface area (Å²) in [5.74, 6) is -0.218. The van der Waals surface area contributed by atoms with Crippen LogP contribution in [0.1, 0.15) is 25.5 Å². The first kappa shape index (κ1) is 13.0. The number of ether oxygens (including phenoxy) is 1. The Hall–Kier alpha value is -1.49. The molecule has 0 bridgehead atoms. The Morgan fingerprint density at radius 3 is 2.83 bits per heavy atom. The van der Waals surface area contributed by atoms with Crippen LogP contribution in [0.5, 0.6) is 0 Å². The number of halogens is 1. The van der Waals surface area contributed by atoms with Gasteiger partial charge in [0.05, 0.1) is 19.0 Å². The number of nitrogens with zero attached hydrogens (tertiary/aromatic N) is 1. The Labute approximate surface area is 106 Å². The Balaban J connectivity index is 2.21. The van der Waals surface area contributed by atoms with Gasteiger partial charge in [0.25, 0.3) is 0 Å². The van der Waals surface area contributed by atoms with Crippen molar-refractivity contribution in [2.24, 2.45) is 5.92 Å². The third-order valence-corrected chi connectivity index (χ3v) is 3.27. The molecular weight excluding hydrogens is 235 g/mol. The van der Waals surface area contributed by atoms with Crippen molar-refractivity contribution >= 4 is 5.97 Å². The van der Waals surface area contributed by atoms with Crippen LogP contribution in [0.3, 0.4) is 0 Å². The van der Waals surface area contributed by atoms with E-state index in [-0.39, 0.29) is 0 Å². The van der Waals surface area contributed by atoms with Gasteiger partial charge >= 0.3 is 5.97 Å². The van der Waals surface area contributed by atoms with Gasteiger partial charge < -0.3 is 4.74 Å². The molecule has 0 aromatic carbocycles. The van der Waals surface area contributed by atoms with Crippen LogP contribution in [0.4, 0.5) is 4.39 Å². The maximum atomic E-state index is 12.9. The monoisotopic (exact) mass is 252 g/mol. The molecule has 0 aliphatic heterocycles. The van der Waals surface area contributed by atoms with Crippen molar-refractivity contribution in [2.45, 2.75) is 25.3 Å². The Bertz CT molecular complexity index is 431. The molecule has 1 unspecified atom stereocenters. The number of pyridine rings is 1. The topological polar surface area (TPSA) is 51.2 Å². The summed E-state index contributed by atoms with van der Waals surface area (Å²) in [4.78, 5) is 15.9. The summed E-state index contributed by atoms with van der Waals surface area (Å²) in [6, 6.07) is 2.80. The fraction of sp³-hybridized carbons (Fsp3) is 0.538. The van der Waals surface area contributed by atoms with E-state index in [9.17, 15) is 9.18 Å². The summed E-state index contributed by atoms with van der Waals surface area (Å²) in [5, 5.41) is 3.19. The van der Waals surface area contributed by atoms with E-state index in [0.29, 0.717) is 11.6 Å². The summed E-state index contributed by atoms with van der Waals surface area (Å²) >= 11 is 0. The van der Waals surface area contributed by atoms with E-state index < -0.39 is 17.3 Å². The lowest BCUT2D eigenvalue weighted by Crippen LogP contribution is -2.48. The molecule has 1 fully saturated rings. The Morgan fingerprint density at radius 2 is 2.33 bits per heavy atom. The maximum absolute atomic E-state index is 12.9. The minimum Gasteiger partial charge on any atom is -0.467 e. The molecule has 1 aromatic heterocycles. The predicted octanol–water partition coefficient (Wildman–Crippen LogP) is 1.61. The predicted molar refractivity (Wildman–Crippen MR) is 64.3 cm³/mol. The number of carbonyl (C=O) groups excluding carboxylic acids is 1. The SMILES string of the molecule is COC(=O)C(C)(NCC1CC1)c1ccc(F)cn1. The van der Waals surface area contributed by atoms with Gasteiger partial charge in [0.2, 0.25) is 0 Å². The summed E-state index contributed by atoms with van der Waals surface area (Å²) in [6.45, 7) is 2.45. The highest BCUT2D eigenvalue weighted by molar-refractivity contribution is 5.81. The average molecular weight is 252 g/mol. The molecule has 1 aromatic rings. The van der Waals surface area contributed by atoms with Crippen LogP contribution in [0.2, 0.25) is 0 Å². The largest absolute Gasteiger partial charge is 0.467 e. The van der Waals surface area contributed by atoms with Gasteiger partial charge in [-0.1, -0.05) is 0 Å². The second-order valence-corrected chi connectivity index (χ2v) is 4.80. The number of methoxy groups -OCH3 is 1. The zero-order chi connectivity index (χ0) is 13.2. The van der Waals surface area contributed by atoms with Crippen LogP contribution in [-0.4, -0.2) is 24.6 Å². The number of carbonyl (C=O) groups is 1. The van der Waals surface area contributed by atoms with Crippen molar-refractivity contribution < 1.29 is 13.9 Å². The first-order valence-electron chi connectivity index (χ1n) is 6.01. The van der Waals surface area contributed by atoms with Gasteiger partial charge in [0.1, 0.15) is 5.82 Å². The third-order valence-electron chi connectivity index (χ3n) is 3.27. The molecule has 0 amide bonds. The van der Waals surface area contributed by atoms with E-state index in [0.717, 1.165) is 12.7 Å². The van der Waals surface area contributed by atoms with E-state index in [4.69, 9.17) is 4.74 Å². The van der Waals surface area contributed by atoms with Crippen molar-refractivity contribution in [3.05, 3.63) is 29.8 Å². The van der Waals surface area contributed by atoms with E-state index in [1.807, 2.05) is 0 Å². The highest BCUT2D eigenvalue weighted by atomic mass is 19.1. The molecule has 98 valence electrons. The number of rotatable bonds is 5. The highest BCUT2D eigenvalue weighted by Gasteiger charge is 2.39. The van der Waals surface area contributed by atoms with Crippen molar-refractivity contribution in [3.8, 4) is 0 Å². The molecule has 1 N–H and O–H groups in total. The molecule has 0 saturated heterocycles. The molecule has 5 heteroatoms. The lowest BCUT2D eigenvalue weighted by atomic mass is 9.96. The van der Waals surface area contributed by atoms with Gasteiger partial charge in [0.15, 0.2) is 5.54 Å². The minimum absolute atomic E-state index is 0.415.